The van der Waals surface area contributed by atoms with E-state index in [1.54, 1.807) is 0 Å². The first-order valence-corrected chi connectivity index (χ1v) is 7.22. The minimum Gasteiger partial charge on any atom is -0.493 e. The predicted octanol–water partition coefficient (Wildman–Crippen LogP) is 2.38. The molecule has 1 unspecified atom stereocenters. The van der Waals surface area contributed by atoms with Crippen molar-refractivity contribution in [2.24, 2.45) is 12.8 Å². The summed E-state index contributed by atoms with van der Waals surface area (Å²) in [6, 6.07) is 6.40. The van der Waals surface area contributed by atoms with Crippen LogP contribution in [0.2, 0.25) is 0 Å². The summed E-state index contributed by atoms with van der Waals surface area (Å²) in [5.74, 6) is 1.00. The van der Waals surface area contributed by atoms with E-state index in [-0.39, 0.29) is 6.04 Å². The summed E-state index contributed by atoms with van der Waals surface area (Å²) in [6.45, 7) is 0.678. The second kappa shape index (κ2) is 5.67. The van der Waals surface area contributed by atoms with Crippen LogP contribution in [-0.2, 0) is 19.9 Å². The molecule has 0 spiro atoms. The molecule has 0 bridgehead atoms. The van der Waals surface area contributed by atoms with Crippen molar-refractivity contribution in [1.29, 1.82) is 0 Å². The van der Waals surface area contributed by atoms with Crippen LogP contribution in [0.4, 0.5) is 0 Å². The average molecular weight is 271 g/mol. The van der Waals surface area contributed by atoms with E-state index in [1.807, 2.05) is 30.2 Å². The first kappa shape index (κ1) is 13.2. The van der Waals surface area contributed by atoms with E-state index in [4.69, 9.17) is 10.5 Å². The van der Waals surface area contributed by atoms with Crippen LogP contribution in [0.1, 0.15) is 35.6 Å². The molecule has 2 N–H and O–H groups in total. The molecule has 2 aromatic rings. The SMILES string of the molecule is Cn1cc(CCOc2cccc3c2CCCC3N)cn1. The van der Waals surface area contributed by atoms with Crippen molar-refractivity contribution in [2.75, 3.05) is 6.61 Å². The minimum absolute atomic E-state index is 0.167. The fourth-order valence-electron chi connectivity index (χ4n) is 2.87. The third-order valence-corrected chi connectivity index (χ3v) is 3.92. The number of hydrogen-bond acceptors (Lipinski definition) is 3. The van der Waals surface area contributed by atoms with Gasteiger partial charge in [-0.15, -0.1) is 0 Å². The molecule has 0 fully saturated rings. The number of fused-ring (bicyclic) bond motifs is 1. The van der Waals surface area contributed by atoms with Crippen LogP contribution in [0.3, 0.4) is 0 Å². The van der Waals surface area contributed by atoms with E-state index in [1.165, 1.54) is 16.7 Å². The van der Waals surface area contributed by atoms with Gasteiger partial charge in [0.2, 0.25) is 0 Å². The average Bonchev–Trinajstić information content (AvgIpc) is 2.86. The van der Waals surface area contributed by atoms with Gasteiger partial charge in [-0.1, -0.05) is 12.1 Å². The van der Waals surface area contributed by atoms with E-state index in [2.05, 4.69) is 17.2 Å². The molecule has 0 saturated heterocycles. The number of benzene rings is 1. The van der Waals surface area contributed by atoms with Gasteiger partial charge in [0, 0.05) is 25.7 Å². The molecule has 1 aromatic carbocycles. The number of ether oxygens (including phenoxy) is 1. The highest BCUT2D eigenvalue weighted by Crippen LogP contribution is 2.34. The Hall–Kier alpha value is -1.81. The number of aromatic nitrogens is 2. The van der Waals surface area contributed by atoms with Crippen molar-refractivity contribution in [3.8, 4) is 5.75 Å². The van der Waals surface area contributed by atoms with Gasteiger partial charge in [0.1, 0.15) is 5.75 Å². The van der Waals surface area contributed by atoms with E-state index in [9.17, 15) is 0 Å². The number of aryl methyl sites for hydroxylation is 1. The highest BCUT2D eigenvalue weighted by molar-refractivity contribution is 5.43. The quantitative estimate of drug-likeness (QED) is 0.929. The molecule has 20 heavy (non-hydrogen) atoms. The van der Waals surface area contributed by atoms with Gasteiger partial charge in [-0.25, -0.2) is 0 Å². The third kappa shape index (κ3) is 2.70. The maximum atomic E-state index is 6.17. The zero-order chi connectivity index (χ0) is 13.9. The lowest BCUT2D eigenvalue weighted by molar-refractivity contribution is 0.316. The van der Waals surface area contributed by atoms with E-state index < -0.39 is 0 Å². The van der Waals surface area contributed by atoms with Crippen LogP contribution in [0, 0.1) is 0 Å². The van der Waals surface area contributed by atoms with Gasteiger partial charge in [0.25, 0.3) is 0 Å². The van der Waals surface area contributed by atoms with Crippen LogP contribution < -0.4 is 10.5 Å². The van der Waals surface area contributed by atoms with Crippen molar-refractivity contribution >= 4 is 0 Å². The summed E-state index contributed by atoms with van der Waals surface area (Å²) < 4.78 is 7.79. The number of hydrogen-bond donors (Lipinski definition) is 1. The van der Waals surface area contributed by atoms with Gasteiger partial charge in [0.15, 0.2) is 0 Å². The Morgan fingerprint density at radius 1 is 1.45 bits per heavy atom. The van der Waals surface area contributed by atoms with Crippen LogP contribution in [0.5, 0.6) is 5.75 Å². The fraction of sp³-hybridized carbons (Fsp3) is 0.438. The monoisotopic (exact) mass is 271 g/mol. The standard InChI is InChI=1S/C16H21N3O/c1-19-11-12(10-18-19)8-9-20-16-7-3-4-13-14(16)5-2-6-15(13)17/h3-4,7,10-11,15H,2,5-6,8-9,17H2,1H3. The summed E-state index contributed by atoms with van der Waals surface area (Å²) in [7, 11) is 1.93. The normalized spacial score (nSPS) is 17.8. The van der Waals surface area contributed by atoms with Crippen LogP contribution in [0.15, 0.2) is 30.6 Å². The fourth-order valence-corrected chi connectivity index (χ4v) is 2.87. The lowest BCUT2D eigenvalue weighted by Crippen LogP contribution is -2.18. The van der Waals surface area contributed by atoms with Crippen molar-refractivity contribution in [3.05, 3.63) is 47.3 Å². The lowest BCUT2D eigenvalue weighted by Gasteiger charge is -2.24. The summed E-state index contributed by atoms with van der Waals surface area (Å²) in [6.07, 6.45) is 8.10. The number of rotatable bonds is 4. The van der Waals surface area contributed by atoms with Gasteiger partial charge in [-0.05, 0) is 42.0 Å². The number of nitrogens with zero attached hydrogens (tertiary/aromatic N) is 2. The highest BCUT2D eigenvalue weighted by atomic mass is 16.5. The molecule has 1 aliphatic rings. The molecule has 0 radical (unpaired) electrons. The van der Waals surface area contributed by atoms with Crippen molar-refractivity contribution in [3.63, 3.8) is 0 Å². The molecule has 1 heterocycles. The summed E-state index contributed by atoms with van der Waals surface area (Å²) >= 11 is 0. The molecule has 0 saturated carbocycles. The topological polar surface area (TPSA) is 53.1 Å². The Bertz CT molecular complexity index is 591. The Labute approximate surface area is 119 Å². The Morgan fingerprint density at radius 3 is 3.15 bits per heavy atom. The Balaban J connectivity index is 1.67. The van der Waals surface area contributed by atoms with Crippen molar-refractivity contribution < 1.29 is 4.74 Å². The summed E-state index contributed by atoms with van der Waals surface area (Å²) in [5.41, 5.74) is 9.94. The van der Waals surface area contributed by atoms with Crippen LogP contribution in [-0.4, -0.2) is 16.4 Å². The Kier molecular flexibility index (Phi) is 3.74. The molecule has 3 rings (SSSR count). The van der Waals surface area contributed by atoms with E-state index >= 15 is 0 Å². The molecule has 0 amide bonds. The maximum Gasteiger partial charge on any atom is 0.122 e. The summed E-state index contributed by atoms with van der Waals surface area (Å²) in [4.78, 5) is 0. The van der Waals surface area contributed by atoms with Gasteiger partial charge in [-0.2, -0.15) is 5.10 Å². The Morgan fingerprint density at radius 2 is 2.35 bits per heavy atom. The summed E-state index contributed by atoms with van der Waals surface area (Å²) in [5, 5.41) is 4.17. The zero-order valence-corrected chi connectivity index (χ0v) is 11.9. The molecule has 4 nitrogen and oxygen atoms in total. The maximum absolute atomic E-state index is 6.17. The van der Waals surface area contributed by atoms with Gasteiger partial charge in [0.05, 0.1) is 12.8 Å². The van der Waals surface area contributed by atoms with E-state index in [0.717, 1.165) is 31.4 Å². The molecule has 0 aliphatic heterocycles. The lowest BCUT2D eigenvalue weighted by atomic mass is 9.87. The highest BCUT2D eigenvalue weighted by Gasteiger charge is 2.19. The van der Waals surface area contributed by atoms with Crippen LogP contribution in [0.25, 0.3) is 0 Å². The predicted molar refractivity (Wildman–Crippen MR) is 78.7 cm³/mol. The molecular formula is C16H21N3O. The van der Waals surface area contributed by atoms with Crippen molar-refractivity contribution in [1.82, 2.24) is 9.78 Å². The van der Waals surface area contributed by atoms with Gasteiger partial charge in [-0.3, -0.25) is 4.68 Å². The van der Waals surface area contributed by atoms with Gasteiger partial charge >= 0.3 is 0 Å². The largest absolute Gasteiger partial charge is 0.493 e. The smallest absolute Gasteiger partial charge is 0.122 e. The second-order valence-corrected chi connectivity index (χ2v) is 5.44. The molecule has 1 aliphatic carbocycles. The first-order chi connectivity index (χ1) is 9.74. The molecule has 4 heteroatoms. The molecule has 1 aromatic heterocycles. The second-order valence-electron chi connectivity index (χ2n) is 5.44. The third-order valence-electron chi connectivity index (χ3n) is 3.92. The van der Waals surface area contributed by atoms with Crippen LogP contribution >= 0.6 is 0 Å². The number of nitrogens with two attached hydrogens (primary N) is 1. The van der Waals surface area contributed by atoms with Crippen molar-refractivity contribution in [2.45, 2.75) is 31.7 Å². The molecule has 106 valence electrons. The first-order valence-electron chi connectivity index (χ1n) is 7.22. The molecule has 1 atom stereocenters. The molecular weight excluding hydrogens is 250 g/mol. The van der Waals surface area contributed by atoms with E-state index in [0.29, 0.717) is 6.61 Å². The van der Waals surface area contributed by atoms with Gasteiger partial charge < -0.3 is 10.5 Å². The minimum atomic E-state index is 0.167. The zero-order valence-electron chi connectivity index (χ0n) is 11.9.